The van der Waals surface area contributed by atoms with E-state index in [1.165, 1.54) is 0 Å². The van der Waals surface area contributed by atoms with Crippen molar-refractivity contribution in [1.29, 1.82) is 0 Å². The number of rotatable bonds is 6. The van der Waals surface area contributed by atoms with E-state index in [0.29, 0.717) is 0 Å². The zero-order valence-corrected chi connectivity index (χ0v) is 11.2. The van der Waals surface area contributed by atoms with Crippen LogP contribution in [0.2, 0.25) is 0 Å². The second kappa shape index (κ2) is 6.57. The van der Waals surface area contributed by atoms with Crippen LogP contribution in [-0.2, 0) is 6.54 Å². The Morgan fingerprint density at radius 2 is 2.18 bits per heavy atom. The van der Waals surface area contributed by atoms with Crippen molar-refractivity contribution in [3.8, 4) is 5.75 Å². The lowest BCUT2D eigenvalue weighted by Crippen LogP contribution is -2.26. The van der Waals surface area contributed by atoms with E-state index in [2.05, 4.69) is 16.9 Å². The molecule has 4 heteroatoms. The van der Waals surface area contributed by atoms with Gasteiger partial charge in [-0.05, 0) is 33.9 Å². The van der Waals surface area contributed by atoms with Crippen molar-refractivity contribution in [3.05, 3.63) is 23.5 Å². The minimum Gasteiger partial charge on any atom is -0.497 e. The Balaban J connectivity index is 2.58. The molecule has 1 rings (SSSR count). The first-order valence-electron chi connectivity index (χ1n) is 5.97. The summed E-state index contributed by atoms with van der Waals surface area (Å²) in [5, 5.41) is 0. The number of hydrogen-bond donors (Lipinski definition) is 1. The summed E-state index contributed by atoms with van der Waals surface area (Å²) in [6.45, 7) is 5.82. The number of pyridine rings is 1. The molecule has 0 aliphatic rings. The fourth-order valence-electron chi connectivity index (χ4n) is 1.68. The number of nitrogens with two attached hydrogens (primary N) is 1. The molecule has 0 fully saturated rings. The third-order valence-electron chi connectivity index (χ3n) is 2.61. The van der Waals surface area contributed by atoms with E-state index in [4.69, 9.17) is 10.5 Å². The van der Waals surface area contributed by atoms with Gasteiger partial charge in [0, 0.05) is 30.4 Å². The molecular weight excluding hydrogens is 214 g/mol. The smallest absolute Gasteiger partial charge is 0.122 e. The van der Waals surface area contributed by atoms with Crippen molar-refractivity contribution in [2.45, 2.75) is 32.9 Å². The molecule has 96 valence electrons. The minimum absolute atomic E-state index is 0.248. The Bertz CT molecular complexity index is 353. The van der Waals surface area contributed by atoms with Crippen molar-refractivity contribution in [2.24, 2.45) is 5.73 Å². The van der Waals surface area contributed by atoms with Crippen molar-refractivity contribution in [1.82, 2.24) is 9.88 Å². The molecule has 1 aromatic heterocycles. The van der Waals surface area contributed by atoms with Crippen LogP contribution in [0.3, 0.4) is 0 Å². The molecule has 0 aromatic carbocycles. The SMILES string of the molecule is COc1cc(C)nc(CN(C)CCC(C)N)c1. The Morgan fingerprint density at radius 1 is 1.47 bits per heavy atom. The first-order valence-corrected chi connectivity index (χ1v) is 5.97. The Kier molecular flexibility index (Phi) is 5.38. The zero-order valence-electron chi connectivity index (χ0n) is 11.2. The standard InChI is InChI=1S/C13H23N3O/c1-10(14)5-6-16(3)9-12-8-13(17-4)7-11(2)15-12/h7-8,10H,5-6,9,14H2,1-4H3. The topological polar surface area (TPSA) is 51.4 Å². The predicted molar refractivity (Wildman–Crippen MR) is 70.1 cm³/mol. The Morgan fingerprint density at radius 3 is 2.76 bits per heavy atom. The fourth-order valence-corrected chi connectivity index (χ4v) is 1.68. The number of methoxy groups -OCH3 is 1. The summed E-state index contributed by atoms with van der Waals surface area (Å²) in [5.74, 6) is 0.869. The van der Waals surface area contributed by atoms with Crippen LogP contribution in [0.1, 0.15) is 24.7 Å². The molecule has 1 unspecified atom stereocenters. The molecule has 0 radical (unpaired) electrons. The average molecular weight is 237 g/mol. The van der Waals surface area contributed by atoms with Crippen molar-refractivity contribution in [3.63, 3.8) is 0 Å². The average Bonchev–Trinajstić information content (AvgIpc) is 2.25. The van der Waals surface area contributed by atoms with Crippen LogP contribution in [0.15, 0.2) is 12.1 Å². The van der Waals surface area contributed by atoms with Gasteiger partial charge >= 0.3 is 0 Å². The second-order valence-electron chi connectivity index (χ2n) is 4.64. The van der Waals surface area contributed by atoms with E-state index < -0.39 is 0 Å². The molecule has 0 spiro atoms. The van der Waals surface area contributed by atoms with Crippen LogP contribution in [0.25, 0.3) is 0 Å². The minimum atomic E-state index is 0.248. The van der Waals surface area contributed by atoms with E-state index in [-0.39, 0.29) is 6.04 Å². The van der Waals surface area contributed by atoms with Gasteiger partial charge < -0.3 is 15.4 Å². The van der Waals surface area contributed by atoms with Crippen LogP contribution in [-0.4, -0.2) is 36.6 Å². The summed E-state index contributed by atoms with van der Waals surface area (Å²) in [4.78, 5) is 6.72. The summed E-state index contributed by atoms with van der Waals surface area (Å²) in [6, 6.07) is 4.17. The Labute approximate surface area is 104 Å². The van der Waals surface area contributed by atoms with E-state index >= 15 is 0 Å². The molecule has 17 heavy (non-hydrogen) atoms. The molecule has 4 nitrogen and oxygen atoms in total. The third-order valence-corrected chi connectivity index (χ3v) is 2.61. The molecule has 2 N–H and O–H groups in total. The summed E-state index contributed by atoms with van der Waals surface area (Å²) < 4.78 is 5.24. The highest BCUT2D eigenvalue weighted by Gasteiger charge is 2.05. The molecule has 1 atom stereocenters. The summed E-state index contributed by atoms with van der Waals surface area (Å²) >= 11 is 0. The van der Waals surface area contributed by atoms with Crippen molar-refractivity contribution in [2.75, 3.05) is 20.7 Å². The maximum Gasteiger partial charge on any atom is 0.122 e. The quantitative estimate of drug-likeness (QED) is 0.816. The number of aromatic nitrogens is 1. The Hall–Kier alpha value is -1.13. The molecule has 0 bridgehead atoms. The van der Waals surface area contributed by atoms with Gasteiger partial charge in [-0.3, -0.25) is 4.98 Å². The summed E-state index contributed by atoms with van der Waals surface area (Å²) in [7, 11) is 3.76. The van der Waals surface area contributed by atoms with Crippen LogP contribution in [0.5, 0.6) is 5.75 Å². The molecule has 0 amide bonds. The maximum atomic E-state index is 5.74. The van der Waals surface area contributed by atoms with Crippen LogP contribution in [0, 0.1) is 6.92 Å². The molecule has 0 aliphatic carbocycles. The molecule has 0 saturated carbocycles. The van der Waals surface area contributed by atoms with Gasteiger partial charge in [0.05, 0.1) is 12.8 Å². The maximum absolute atomic E-state index is 5.74. The highest BCUT2D eigenvalue weighted by molar-refractivity contribution is 5.26. The molecule has 1 aromatic rings. The first kappa shape index (κ1) is 13.9. The predicted octanol–water partition coefficient (Wildman–Crippen LogP) is 1.57. The zero-order chi connectivity index (χ0) is 12.8. The fraction of sp³-hybridized carbons (Fsp3) is 0.615. The summed E-state index contributed by atoms with van der Waals surface area (Å²) in [6.07, 6.45) is 0.999. The van der Waals surface area contributed by atoms with E-state index in [9.17, 15) is 0 Å². The third kappa shape index (κ3) is 5.15. The van der Waals surface area contributed by atoms with Crippen molar-refractivity contribution < 1.29 is 4.74 Å². The highest BCUT2D eigenvalue weighted by Crippen LogP contribution is 2.14. The normalized spacial score (nSPS) is 12.8. The van der Waals surface area contributed by atoms with Gasteiger partial charge in [0.2, 0.25) is 0 Å². The van der Waals surface area contributed by atoms with E-state index in [1.807, 2.05) is 26.0 Å². The molecule has 0 aliphatic heterocycles. The number of hydrogen-bond acceptors (Lipinski definition) is 4. The largest absolute Gasteiger partial charge is 0.497 e. The van der Waals surface area contributed by atoms with E-state index in [1.54, 1.807) is 7.11 Å². The first-order chi connectivity index (χ1) is 8.01. The summed E-state index contributed by atoms with van der Waals surface area (Å²) in [5.41, 5.74) is 7.76. The molecule has 0 saturated heterocycles. The highest BCUT2D eigenvalue weighted by atomic mass is 16.5. The van der Waals surface area contributed by atoms with Gasteiger partial charge in [-0.15, -0.1) is 0 Å². The number of aryl methyl sites for hydroxylation is 1. The lowest BCUT2D eigenvalue weighted by atomic mass is 10.2. The monoisotopic (exact) mass is 237 g/mol. The van der Waals surface area contributed by atoms with Crippen LogP contribution in [0.4, 0.5) is 0 Å². The van der Waals surface area contributed by atoms with Gasteiger partial charge in [-0.25, -0.2) is 0 Å². The van der Waals surface area contributed by atoms with E-state index in [0.717, 1.165) is 36.6 Å². The van der Waals surface area contributed by atoms with Gasteiger partial charge in [-0.1, -0.05) is 0 Å². The van der Waals surface area contributed by atoms with Crippen LogP contribution < -0.4 is 10.5 Å². The lowest BCUT2D eigenvalue weighted by Gasteiger charge is -2.17. The van der Waals surface area contributed by atoms with Gasteiger partial charge in [0.15, 0.2) is 0 Å². The lowest BCUT2D eigenvalue weighted by molar-refractivity contribution is 0.309. The van der Waals surface area contributed by atoms with Crippen molar-refractivity contribution >= 4 is 0 Å². The van der Waals surface area contributed by atoms with Gasteiger partial charge in [0.1, 0.15) is 5.75 Å². The van der Waals surface area contributed by atoms with Gasteiger partial charge in [0.25, 0.3) is 0 Å². The second-order valence-corrected chi connectivity index (χ2v) is 4.64. The van der Waals surface area contributed by atoms with Gasteiger partial charge in [-0.2, -0.15) is 0 Å². The molecule has 1 heterocycles. The number of nitrogens with zero attached hydrogens (tertiary/aromatic N) is 2. The molecular formula is C13H23N3O. The number of ether oxygens (including phenoxy) is 1. The van der Waals surface area contributed by atoms with Crippen LogP contribution >= 0.6 is 0 Å².